The van der Waals surface area contributed by atoms with E-state index >= 15 is 0 Å². The lowest BCUT2D eigenvalue weighted by atomic mass is 10.1. The first kappa shape index (κ1) is 9.47. The van der Waals surface area contributed by atoms with Crippen molar-refractivity contribution in [3.8, 4) is 5.75 Å². The molecule has 0 aliphatic carbocycles. The summed E-state index contributed by atoms with van der Waals surface area (Å²) in [6, 6.07) is 6.24. The summed E-state index contributed by atoms with van der Waals surface area (Å²) in [5.74, 6) is 0.631. The van der Waals surface area contributed by atoms with Crippen LogP contribution >= 0.6 is 0 Å². The molecule has 0 saturated carbocycles. The van der Waals surface area contributed by atoms with Crippen molar-refractivity contribution >= 4 is 17.3 Å². The molecule has 0 unspecified atom stereocenters. The normalized spacial score (nSPS) is 19.1. The van der Waals surface area contributed by atoms with Crippen LogP contribution in [0.5, 0.6) is 5.75 Å². The molecule has 5 heteroatoms. The number of carbonyl (C=O) groups excluding carboxylic acids is 1. The van der Waals surface area contributed by atoms with E-state index in [1.165, 1.54) is 0 Å². The van der Waals surface area contributed by atoms with E-state index in [9.17, 15) is 4.79 Å². The minimum absolute atomic E-state index is 0.102. The molecule has 3 rings (SSSR count). The second-order valence-corrected chi connectivity index (χ2v) is 4.05. The zero-order chi connectivity index (χ0) is 11.0. The van der Waals surface area contributed by atoms with E-state index in [0.717, 1.165) is 30.2 Å². The van der Waals surface area contributed by atoms with Gasteiger partial charge in [-0.05, 0) is 18.2 Å². The van der Waals surface area contributed by atoms with Gasteiger partial charge >= 0.3 is 0 Å². The third-order valence-corrected chi connectivity index (χ3v) is 2.76. The number of carbonyl (C=O) groups is 1. The number of nitrogens with one attached hydrogen (secondary N) is 3. The van der Waals surface area contributed by atoms with Crippen molar-refractivity contribution in [1.29, 1.82) is 0 Å². The SMILES string of the molecule is O=C1COc2ccc(NC3CNC3)cc2N1. The number of hydrogen-bond donors (Lipinski definition) is 3. The van der Waals surface area contributed by atoms with Gasteiger partial charge in [0.2, 0.25) is 0 Å². The summed E-state index contributed by atoms with van der Waals surface area (Å²) in [7, 11) is 0. The number of amides is 1. The smallest absolute Gasteiger partial charge is 0.262 e. The number of anilines is 2. The zero-order valence-corrected chi connectivity index (χ0v) is 8.75. The van der Waals surface area contributed by atoms with E-state index in [0.29, 0.717) is 6.04 Å². The van der Waals surface area contributed by atoms with E-state index in [1.54, 1.807) is 0 Å². The molecule has 0 spiro atoms. The molecule has 1 aromatic rings. The van der Waals surface area contributed by atoms with Gasteiger partial charge in [-0.1, -0.05) is 0 Å². The summed E-state index contributed by atoms with van der Waals surface area (Å²) in [5, 5.41) is 9.36. The van der Waals surface area contributed by atoms with Crippen LogP contribution in [0.4, 0.5) is 11.4 Å². The van der Waals surface area contributed by atoms with Crippen molar-refractivity contribution in [2.75, 3.05) is 30.3 Å². The Labute approximate surface area is 93.2 Å². The average molecular weight is 219 g/mol. The van der Waals surface area contributed by atoms with Crippen LogP contribution in [0, 0.1) is 0 Å². The van der Waals surface area contributed by atoms with Gasteiger partial charge in [-0.15, -0.1) is 0 Å². The number of rotatable bonds is 2. The van der Waals surface area contributed by atoms with Crippen LogP contribution in [-0.2, 0) is 4.79 Å². The molecule has 1 amide bonds. The molecule has 0 bridgehead atoms. The summed E-state index contributed by atoms with van der Waals surface area (Å²) < 4.78 is 5.28. The second-order valence-electron chi connectivity index (χ2n) is 4.05. The molecule has 2 heterocycles. The van der Waals surface area contributed by atoms with Gasteiger partial charge in [0.15, 0.2) is 6.61 Å². The molecule has 2 aliphatic heterocycles. The van der Waals surface area contributed by atoms with Gasteiger partial charge in [0.05, 0.1) is 11.7 Å². The summed E-state index contributed by atoms with van der Waals surface area (Å²) in [4.78, 5) is 11.2. The number of benzene rings is 1. The molecule has 1 aromatic carbocycles. The van der Waals surface area contributed by atoms with E-state index < -0.39 is 0 Å². The van der Waals surface area contributed by atoms with Gasteiger partial charge in [0.25, 0.3) is 5.91 Å². The summed E-state index contributed by atoms with van der Waals surface area (Å²) in [6.45, 7) is 2.08. The third-order valence-electron chi connectivity index (χ3n) is 2.76. The predicted octanol–water partition coefficient (Wildman–Crippen LogP) is 0.401. The maximum absolute atomic E-state index is 11.2. The van der Waals surface area contributed by atoms with Crippen molar-refractivity contribution in [1.82, 2.24) is 5.32 Å². The Kier molecular flexibility index (Phi) is 2.18. The fourth-order valence-corrected chi connectivity index (χ4v) is 1.80. The summed E-state index contributed by atoms with van der Waals surface area (Å²) in [5.41, 5.74) is 1.75. The van der Waals surface area contributed by atoms with Gasteiger partial charge in [0.1, 0.15) is 5.75 Å². The molecule has 2 aliphatic rings. The largest absolute Gasteiger partial charge is 0.482 e. The lowest BCUT2D eigenvalue weighted by molar-refractivity contribution is -0.118. The van der Waals surface area contributed by atoms with Crippen molar-refractivity contribution < 1.29 is 9.53 Å². The maximum Gasteiger partial charge on any atom is 0.262 e. The number of fused-ring (bicyclic) bond motifs is 1. The Morgan fingerprint density at radius 3 is 3.00 bits per heavy atom. The van der Waals surface area contributed by atoms with Crippen molar-refractivity contribution in [3.63, 3.8) is 0 Å². The van der Waals surface area contributed by atoms with Crippen LogP contribution in [0.2, 0.25) is 0 Å². The van der Waals surface area contributed by atoms with Crippen LogP contribution in [0.25, 0.3) is 0 Å². The molecule has 1 saturated heterocycles. The molecule has 0 atom stereocenters. The highest BCUT2D eigenvalue weighted by atomic mass is 16.5. The molecule has 84 valence electrons. The Hall–Kier alpha value is -1.75. The minimum atomic E-state index is -0.102. The first-order valence-corrected chi connectivity index (χ1v) is 5.35. The molecule has 0 radical (unpaired) electrons. The predicted molar refractivity (Wildman–Crippen MR) is 60.8 cm³/mol. The lowest BCUT2D eigenvalue weighted by Gasteiger charge is -2.29. The Morgan fingerprint density at radius 1 is 1.38 bits per heavy atom. The van der Waals surface area contributed by atoms with E-state index in [2.05, 4.69) is 16.0 Å². The van der Waals surface area contributed by atoms with Crippen LogP contribution in [-0.4, -0.2) is 31.6 Å². The Morgan fingerprint density at radius 2 is 2.25 bits per heavy atom. The second kappa shape index (κ2) is 3.68. The third kappa shape index (κ3) is 1.69. The highest BCUT2D eigenvalue weighted by molar-refractivity contribution is 5.96. The summed E-state index contributed by atoms with van der Waals surface area (Å²) >= 11 is 0. The molecule has 1 fully saturated rings. The number of hydrogen-bond acceptors (Lipinski definition) is 4. The van der Waals surface area contributed by atoms with Gasteiger partial charge < -0.3 is 20.7 Å². The average Bonchev–Trinajstić information content (AvgIpc) is 2.23. The van der Waals surface area contributed by atoms with Gasteiger partial charge in [-0.3, -0.25) is 4.79 Å². The van der Waals surface area contributed by atoms with E-state index in [4.69, 9.17) is 4.74 Å². The standard InChI is InChI=1S/C11H13N3O2/c15-11-6-16-10-2-1-7(3-9(10)14-11)13-8-4-12-5-8/h1-3,8,12-13H,4-6H2,(H,14,15). The lowest BCUT2D eigenvalue weighted by Crippen LogP contribution is -2.51. The molecule has 0 aromatic heterocycles. The van der Waals surface area contributed by atoms with Gasteiger partial charge in [0, 0.05) is 18.8 Å². The highest BCUT2D eigenvalue weighted by Gasteiger charge is 2.19. The monoisotopic (exact) mass is 219 g/mol. The molecular formula is C11H13N3O2. The highest BCUT2D eigenvalue weighted by Crippen LogP contribution is 2.30. The Bertz CT molecular complexity index is 429. The van der Waals surface area contributed by atoms with Gasteiger partial charge in [-0.25, -0.2) is 0 Å². The van der Waals surface area contributed by atoms with E-state index in [-0.39, 0.29) is 12.5 Å². The Balaban J connectivity index is 1.80. The van der Waals surface area contributed by atoms with Crippen LogP contribution in [0.15, 0.2) is 18.2 Å². The molecule has 3 N–H and O–H groups in total. The van der Waals surface area contributed by atoms with Crippen LogP contribution in [0.1, 0.15) is 0 Å². The van der Waals surface area contributed by atoms with Crippen molar-refractivity contribution in [3.05, 3.63) is 18.2 Å². The number of ether oxygens (including phenoxy) is 1. The van der Waals surface area contributed by atoms with Crippen LogP contribution in [0.3, 0.4) is 0 Å². The molecule has 5 nitrogen and oxygen atoms in total. The first-order chi connectivity index (χ1) is 7.81. The molecule has 16 heavy (non-hydrogen) atoms. The minimum Gasteiger partial charge on any atom is -0.482 e. The molecular weight excluding hydrogens is 206 g/mol. The van der Waals surface area contributed by atoms with Gasteiger partial charge in [-0.2, -0.15) is 0 Å². The fourth-order valence-electron chi connectivity index (χ4n) is 1.80. The zero-order valence-electron chi connectivity index (χ0n) is 8.75. The van der Waals surface area contributed by atoms with Crippen LogP contribution < -0.4 is 20.7 Å². The summed E-state index contributed by atoms with van der Waals surface area (Å²) in [6.07, 6.45) is 0. The van der Waals surface area contributed by atoms with E-state index in [1.807, 2.05) is 18.2 Å². The first-order valence-electron chi connectivity index (χ1n) is 5.35. The fraction of sp³-hybridized carbons (Fsp3) is 0.364. The van der Waals surface area contributed by atoms with Crippen molar-refractivity contribution in [2.45, 2.75) is 6.04 Å². The van der Waals surface area contributed by atoms with Crippen molar-refractivity contribution in [2.24, 2.45) is 0 Å². The quantitative estimate of drug-likeness (QED) is 0.674. The topological polar surface area (TPSA) is 62.4 Å². The maximum atomic E-state index is 11.2.